The van der Waals surface area contributed by atoms with Crippen molar-refractivity contribution in [1.29, 1.82) is 0 Å². The summed E-state index contributed by atoms with van der Waals surface area (Å²) < 4.78 is 12.5. The number of quaternary nitrogens is 1. The van der Waals surface area contributed by atoms with Crippen molar-refractivity contribution in [3.8, 4) is 0 Å². The molecule has 1 atom stereocenters. The summed E-state index contributed by atoms with van der Waals surface area (Å²) in [7, 11) is 6.67. The molecule has 0 fully saturated rings. The lowest BCUT2D eigenvalue weighted by atomic mass is 9.92. The summed E-state index contributed by atoms with van der Waals surface area (Å²) in [4.78, 5) is 42.2. The highest BCUT2D eigenvalue weighted by Crippen LogP contribution is 2.25. The van der Waals surface area contributed by atoms with Crippen LogP contribution in [0.4, 0.5) is 0 Å². The van der Waals surface area contributed by atoms with Gasteiger partial charge in [-0.3, -0.25) is 14.4 Å². The van der Waals surface area contributed by atoms with E-state index in [0.717, 1.165) is 107 Å². The molecule has 0 saturated carbocycles. The van der Waals surface area contributed by atoms with E-state index >= 15 is 0 Å². The Morgan fingerprint density at radius 2 is 0.640 bits per heavy atom. The molecule has 0 saturated heterocycles. The molecule has 448 valence electrons. The molecule has 8 heteroatoms. The first-order valence-corrected chi connectivity index (χ1v) is 33.4. The Labute approximate surface area is 486 Å². The summed E-state index contributed by atoms with van der Waals surface area (Å²) >= 11 is 0. The zero-order valence-corrected chi connectivity index (χ0v) is 54.2. The minimum absolute atomic E-state index is 0. The van der Waals surface area contributed by atoms with Gasteiger partial charge in [-0.2, -0.15) is 0 Å². The number of unbranched alkanes of at least 4 members (excludes halogenated alkanes) is 30. The third kappa shape index (κ3) is 53.5. The number of carbonyl (C=O) groups excluding carboxylic acids is 3. The molecule has 75 heavy (non-hydrogen) atoms. The Kier molecular flexibility index (Phi) is 58.7. The van der Waals surface area contributed by atoms with Gasteiger partial charge in [0.1, 0.15) is 0 Å². The standard InChI is InChI=1S/C67H133N2O5.HI/c1-9-14-19-24-25-26-32-41-51-64(52-42-34-35-44-55-67(72)74-61-57-63(49-39-30-22-17-12-4)50-40-31-23-18-13-5)68(65(70)53-46-59-69(6,7)8)58-45-36-27-33-43-54-66(71)73-60-56-62(47-37-28-20-15-10-2)48-38-29-21-16-11-3;/h62-64H,9-61H2,1-8H3;1H/q+1;/p-1. The number of esters is 2. The molecule has 0 bridgehead atoms. The van der Waals surface area contributed by atoms with Crippen LogP contribution in [0.3, 0.4) is 0 Å². The van der Waals surface area contributed by atoms with E-state index in [2.05, 4.69) is 60.7 Å². The molecule has 0 N–H and O–H groups in total. The highest BCUT2D eigenvalue weighted by molar-refractivity contribution is 5.76. The molecular formula is C67H133IN2O5. The minimum Gasteiger partial charge on any atom is -1.00 e. The number of rotatable bonds is 59. The second-order valence-corrected chi connectivity index (χ2v) is 24.7. The van der Waals surface area contributed by atoms with Gasteiger partial charge in [0.25, 0.3) is 0 Å². The van der Waals surface area contributed by atoms with Gasteiger partial charge in [-0.25, -0.2) is 0 Å². The van der Waals surface area contributed by atoms with Crippen LogP contribution in [0, 0.1) is 11.8 Å². The van der Waals surface area contributed by atoms with Crippen LogP contribution in [0.15, 0.2) is 0 Å². The van der Waals surface area contributed by atoms with Gasteiger partial charge in [0.15, 0.2) is 0 Å². The zero-order valence-electron chi connectivity index (χ0n) is 52.0. The second-order valence-electron chi connectivity index (χ2n) is 24.7. The monoisotopic (exact) mass is 1170 g/mol. The van der Waals surface area contributed by atoms with Crippen LogP contribution in [0.2, 0.25) is 0 Å². The zero-order chi connectivity index (χ0) is 54.4. The molecule has 0 spiro atoms. The molecule has 1 unspecified atom stereocenters. The summed E-state index contributed by atoms with van der Waals surface area (Å²) in [5.41, 5.74) is 0. The van der Waals surface area contributed by atoms with E-state index < -0.39 is 0 Å². The SMILES string of the molecule is CCCCCCCCCCC(CCCCCCC(=O)OCCC(CCCCCCC)CCCCCCC)N(CCCCCCCC(=O)OCCC(CCCCCCC)CCCCCCC)C(=O)CCC[N+](C)(C)C.[I-]. The first kappa shape index (κ1) is 76.2. The number of nitrogens with zero attached hydrogens (tertiary/aromatic N) is 2. The quantitative estimate of drug-likeness (QED) is 0.0263. The van der Waals surface area contributed by atoms with Crippen LogP contribution < -0.4 is 24.0 Å². The van der Waals surface area contributed by atoms with Crippen molar-refractivity contribution in [3.63, 3.8) is 0 Å². The lowest BCUT2D eigenvalue weighted by molar-refractivity contribution is -0.870. The number of hydrogen-bond acceptors (Lipinski definition) is 5. The third-order valence-electron chi connectivity index (χ3n) is 16.3. The van der Waals surface area contributed by atoms with Crippen LogP contribution in [0.1, 0.15) is 349 Å². The van der Waals surface area contributed by atoms with Gasteiger partial charge in [0.2, 0.25) is 5.91 Å². The van der Waals surface area contributed by atoms with E-state index in [1.807, 2.05) is 0 Å². The molecule has 0 aromatic heterocycles. The molecule has 0 aromatic carbocycles. The van der Waals surface area contributed by atoms with E-state index in [0.29, 0.717) is 56.3 Å². The third-order valence-corrected chi connectivity index (χ3v) is 16.3. The fourth-order valence-corrected chi connectivity index (χ4v) is 11.2. The minimum atomic E-state index is -0.0186. The molecule has 0 aliphatic carbocycles. The van der Waals surface area contributed by atoms with Gasteiger partial charge < -0.3 is 42.8 Å². The highest BCUT2D eigenvalue weighted by Gasteiger charge is 2.24. The van der Waals surface area contributed by atoms with Crippen LogP contribution in [-0.4, -0.2) is 80.7 Å². The molecule has 0 aliphatic heterocycles. The molecule has 0 aliphatic rings. The Bertz CT molecular complexity index is 1180. The number of hydrogen-bond donors (Lipinski definition) is 0. The van der Waals surface area contributed by atoms with E-state index in [4.69, 9.17) is 9.47 Å². The van der Waals surface area contributed by atoms with Crippen molar-refractivity contribution >= 4 is 17.8 Å². The van der Waals surface area contributed by atoms with Crippen molar-refractivity contribution in [3.05, 3.63) is 0 Å². The average Bonchev–Trinajstić information content (AvgIpc) is 3.37. The average molecular weight is 1170 g/mol. The lowest BCUT2D eigenvalue weighted by Crippen LogP contribution is -3.00. The molecule has 0 rings (SSSR count). The topological polar surface area (TPSA) is 72.9 Å². The van der Waals surface area contributed by atoms with Gasteiger partial charge in [0.05, 0.1) is 40.9 Å². The fraction of sp³-hybridized carbons (Fsp3) is 0.955. The Balaban J connectivity index is 0. The van der Waals surface area contributed by atoms with Gasteiger partial charge in [-0.05, 0) is 56.8 Å². The summed E-state index contributed by atoms with van der Waals surface area (Å²) in [6.07, 6.45) is 58.2. The van der Waals surface area contributed by atoms with Gasteiger partial charge >= 0.3 is 11.9 Å². The van der Waals surface area contributed by atoms with Gasteiger partial charge in [0, 0.05) is 38.3 Å². The Hall–Kier alpha value is -0.900. The highest BCUT2D eigenvalue weighted by atomic mass is 127. The molecule has 1 amide bonds. The predicted octanol–water partition coefficient (Wildman–Crippen LogP) is 17.4. The maximum absolute atomic E-state index is 14.2. The predicted molar refractivity (Wildman–Crippen MR) is 322 cm³/mol. The van der Waals surface area contributed by atoms with Crippen LogP contribution in [-0.2, 0) is 23.9 Å². The number of carbonyl (C=O) groups is 3. The van der Waals surface area contributed by atoms with Crippen molar-refractivity contribution in [2.75, 3.05) is 47.4 Å². The van der Waals surface area contributed by atoms with E-state index in [9.17, 15) is 14.4 Å². The van der Waals surface area contributed by atoms with Crippen LogP contribution in [0.25, 0.3) is 0 Å². The molecule has 7 nitrogen and oxygen atoms in total. The molecular weight excluding hydrogens is 1040 g/mol. The van der Waals surface area contributed by atoms with E-state index in [-0.39, 0.29) is 35.9 Å². The smallest absolute Gasteiger partial charge is 0.305 e. The summed E-state index contributed by atoms with van der Waals surface area (Å²) in [5.74, 6) is 1.69. The first-order chi connectivity index (χ1) is 36.0. The van der Waals surface area contributed by atoms with Gasteiger partial charge in [-0.15, -0.1) is 0 Å². The van der Waals surface area contributed by atoms with Crippen LogP contribution in [0.5, 0.6) is 0 Å². The molecule has 0 aromatic rings. The van der Waals surface area contributed by atoms with Crippen molar-refractivity contribution in [1.82, 2.24) is 4.90 Å². The first-order valence-electron chi connectivity index (χ1n) is 33.4. The molecule has 0 radical (unpaired) electrons. The molecule has 0 heterocycles. The summed E-state index contributed by atoms with van der Waals surface area (Å²) in [6.45, 7) is 14.4. The Morgan fingerprint density at radius 1 is 0.347 bits per heavy atom. The number of halogens is 1. The summed E-state index contributed by atoms with van der Waals surface area (Å²) in [5, 5.41) is 0. The van der Waals surface area contributed by atoms with Gasteiger partial charge in [-0.1, -0.05) is 279 Å². The van der Waals surface area contributed by atoms with Crippen molar-refractivity contribution < 1.29 is 52.3 Å². The maximum atomic E-state index is 14.2. The van der Waals surface area contributed by atoms with Crippen molar-refractivity contribution in [2.45, 2.75) is 355 Å². The Morgan fingerprint density at radius 3 is 0.973 bits per heavy atom. The summed E-state index contributed by atoms with van der Waals surface area (Å²) in [6, 6.07) is 0.291. The largest absolute Gasteiger partial charge is 1.00 e. The maximum Gasteiger partial charge on any atom is 0.305 e. The van der Waals surface area contributed by atoms with E-state index in [1.54, 1.807) is 0 Å². The van der Waals surface area contributed by atoms with E-state index in [1.165, 1.54) is 205 Å². The fourth-order valence-electron chi connectivity index (χ4n) is 11.2. The normalized spacial score (nSPS) is 12.1. The van der Waals surface area contributed by atoms with Crippen molar-refractivity contribution in [2.24, 2.45) is 11.8 Å². The number of amides is 1. The van der Waals surface area contributed by atoms with Crippen LogP contribution >= 0.6 is 0 Å². The second kappa shape index (κ2) is 57.8. The number of ether oxygens (including phenoxy) is 2. The lowest BCUT2D eigenvalue weighted by Gasteiger charge is -2.33.